The molecule has 0 unspecified atom stereocenters. The van der Waals surface area contributed by atoms with E-state index in [4.69, 9.17) is 0 Å². The molecule has 2 fully saturated rings. The van der Waals surface area contributed by atoms with Crippen molar-refractivity contribution in [3.05, 3.63) is 18.1 Å². The molecule has 2 N–H and O–H groups in total. The van der Waals surface area contributed by atoms with Gasteiger partial charge in [0, 0.05) is 51.0 Å². The Morgan fingerprint density at radius 3 is 2.87 bits per heavy atom. The van der Waals surface area contributed by atoms with E-state index >= 15 is 0 Å². The number of aliphatic hydroxyl groups is 1. The van der Waals surface area contributed by atoms with E-state index < -0.39 is 5.60 Å². The second kappa shape index (κ2) is 5.70. The number of anilines is 1. The first-order chi connectivity index (χ1) is 11.1. The number of nitrogens with zero attached hydrogens (tertiary/aromatic N) is 6. The van der Waals surface area contributed by atoms with E-state index in [1.807, 2.05) is 6.92 Å². The number of aromatic nitrogens is 4. The molecule has 2 aromatic rings. The van der Waals surface area contributed by atoms with Crippen molar-refractivity contribution in [1.29, 1.82) is 0 Å². The monoisotopic (exact) mass is 317 g/mol. The van der Waals surface area contributed by atoms with E-state index in [0.717, 1.165) is 57.2 Å². The minimum absolute atomic E-state index is 0.561. The Balaban J connectivity index is 1.45. The van der Waals surface area contributed by atoms with Gasteiger partial charge < -0.3 is 15.3 Å². The van der Waals surface area contributed by atoms with Crippen LogP contribution in [0, 0.1) is 6.92 Å². The van der Waals surface area contributed by atoms with Crippen LogP contribution in [0.2, 0.25) is 0 Å². The minimum atomic E-state index is -0.561. The third kappa shape index (κ3) is 2.89. The van der Waals surface area contributed by atoms with Gasteiger partial charge in [-0.1, -0.05) is 0 Å². The van der Waals surface area contributed by atoms with Gasteiger partial charge >= 0.3 is 0 Å². The lowest BCUT2D eigenvalue weighted by molar-refractivity contribution is 0.0193. The summed E-state index contributed by atoms with van der Waals surface area (Å²) in [5.74, 6) is 1.69. The van der Waals surface area contributed by atoms with Gasteiger partial charge in [0.25, 0.3) is 5.78 Å². The Hall–Kier alpha value is -1.77. The maximum absolute atomic E-state index is 10.5. The van der Waals surface area contributed by atoms with Crippen molar-refractivity contribution in [3.63, 3.8) is 0 Å². The molecule has 4 rings (SSSR count). The molecule has 8 nitrogen and oxygen atoms in total. The van der Waals surface area contributed by atoms with Crippen LogP contribution in [-0.4, -0.2) is 81.0 Å². The topological polar surface area (TPSA) is 81.8 Å². The Kier molecular flexibility index (Phi) is 3.67. The molecule has 124 valence electrons. The molecule has 0 bridgehead atoms. The number of nitrogens with one attached hydrogen (secondary N) is 1. The van der Waals surface area contributed by atoms with Gasteiger partial charge in [-0.25, -0.2) is 4.98 Å². The standard InChI is InChI=1S/C15H23N7O/c1-12-8-13(22-14(19-12)17-11-18-22)21-6-4-20(5-7-21)10-15(23)2-3-16-9-15/h8,11,16,23H,2-7,9-10H2,1H3/t15-/m1/s1. The van der Waals surface area contributed by atoms with Crippen LogP contribution >= 0.6 is 0 Å². The van der Waals surface area contributed by atoms with E-state index in [9.17, 15) is 5.11 Å². The summed E-state index contributed by atoms with van der Waals surface area (Å²) in [5.41, 5.74) is 0.392. The molecule has 0 aliphatic carbocycles. The van der Waals surface area contributed by atoms with Crippen molar-refractivity contribution in [2.75, 3.05) is 50.7 Å². The third-order valence-corrected chi connectivity index (χ3v) is 4.80. The highest BCUT2D eigenvalue weighted by molar-refractivity contribution is 5.47. The molecule has 0 aromatic carbocycles. The zero-order valence-corrected chi connectivity index (χ0v) is 13.4. The number of β-amino-alcohol motifs (C(OH)–C–C–N with tert-alkyl or cyclic N) is 1. The van der Waals surface area contributed by atoms with Crippen LogP contribution in [-0.2, 0) is 0 Å². The quantitative estimate of drug-likeness (QED) is 0.773. The van der Waals surface area contributed by atoms with Crippen LogP contribution < -0.4 is 10.2 Å². The van der Waals surface area contributed by atoms with Crippen molar-refractivity contribution in [2.24, 2.45) is 0 Å². The average molecular weight is 317 g/mol. The summed E-state index contributed by atoms with van der Waals surface area (Å²) in [6, 6.07) is 2.06. The lowest BCUT2D eigenvalue weighted by atomic mass is 10.0. The number of piperazine rings is 1. The molecular formula is C15H23N7O. The summed E-state index contributed by atoms with van der Waals surface area (Å²) in [4.78, 5) is 13.3. The number of aryl methyl sites for hydroxylation is 1. The van der Waals surface area contributed by atoms with Gasteiger partial charge in [0.1, 0.15) is 12.1 Å². The summed E-state index contributed by atoms with van der Waals surface area (Å²) < 4.78 is 1.80. The number of hydrogen-bond acceptors (Lipinski definition) is 7. The summed E-state index contributed by atoms with van der Waals surface area (Å²) >= 11 is 0. The van der Waals surface area contributed by atoms with Crippen molar-refractivity contribution >= 4 is 11.6 Å². The second-order valence-electron chi connectivity index (χ2n) is 6.64. The van der Waals surface area contributed by atoms with Gasteiger partial charge in [-0.05, 0) is 19.9 Å². The van der Waals surface area contributed by atoms with E-state index in [-0.39, 0.29) is 0 Å². The number of rotatable bonds is 3. The molecule has 1 atom stereocenters. The van der Waals surface area contributed by atoms with Gasteiger partial charge in [-0.3, -0.25) is 4.90 Å². The summed E-state index contributed by atoms with van der Waals surface area (Å²) in [5, 5.41) is 18.1. The van der Waals surface area contributed by atoms with E-state index in [0.29, 0.717) is 12.3 Å². The molecule has 2 aliphatic heterocycles. The van der Waals surface area contributed by atoms with Crippen molar-refractivity contribution in [2.45, 2.75) is 18.9 Å². The van der Waals surface area contributed by atoms with Crippen molar-refractivity contribution in [1.82, 2.24) is 29.8 Å². The zero-order chi connectivity index (χ0) is 15.9. The highest BCUT2D eigenvalue weighted by Gasteiger charge is 2.34. The molecule has 4 heterocycles. The van der Waals surface area contributed by atoms with Crippen molar-refractivity contribution < 1.29 is 5.11 Å². The molecule has 0 spiro atoms. The second-order valence-corrected chi connectivity index (χ2v) is 6.64. The van der Waals surface area contributed by atoms with Crippen molar-refractivity contribution in [3.8, 4) is 0 Å². The molecule has 2 saturated heterocycles. The molecular weight excluding hydrogens is 294 g/mol. The molecule has 2 aliphatic rings. The maximum atomic E-state index is 10.5. The Morgan fingerprint density at radius 2 is 2.13 bits per heavy atom. The summed E-state index contributed by atoms with van der Waals surface area (Å²) in [6.07, 6.45) is 2.39. The van der Waals surface area contributed by atoms with Crippen LogP contribution in [0.5, 0.6) is 0 Å². The van der Waals surface area contributed by atoms with Crippen LogP contribution in [0.3, 0.4) is 0 Å². The Labute approximate surface area is 135 Å². The molecule has 23 heavy (non-hydrogen) atoms. The first kappa shape index (κ1) is 14.8. The van der Waals surface area contributed by atoms with Gasteiger partial charge in [-0.2, -0.15) is 14.6 Å². The van der Waals surface area contributed by atoms with E-state index in [2.05, 4.69) is 36.2 Å². The van der Waals surface area contributed by atoms with Gasteiger partial charge in [0.05, 0.1) is 5.60 Å². The largest absolute Gasteiger partial charge is 0.387 e. The summed E-state index contributed by atoms with van der Waals surface area (Å²) in [6.45, 7) is 8.08. The smallest absolute Gasteiger partial charge is 0.254 e. The zero-order valence-electron chi connectivity index (χ0n) is 13.4. The van der Waals surface area contributed by atoms with Crippen LogP contribution in [0.25, 0.3) is 5.78 Å². The molecule has 0 radical (unpaired) electrons. The SMILES string of the molecule is Cc1cc(N2CCN(C[C@@]3(O)CCNC3)CC2)n2ncnc2n1. The number of hydrogen-bond donors (Lipinski definition) is 2. The van der Waals surface area contributed by atoms with Crippen LogP contribution in [0.15, 0.2) is 12.4 Å². The Bertz CT molecular complexity index is 686. The highest BCUT2D eigenvalue weighted by Crippen LogP contribution is 2.20. The van der Waals surface area contributed by atoms with Gasteiger partial charge in [0.2, 0.25) is 0 Å². The predicted molar refractivity (Wildman–Crippen MR) is 86.6 cm³/mol. The molecule has 2 aromatic heterocycles. The van der Waals surface area contributed by atoms with Crippen LogP contribution in [0.4, 0.5) is 5.82 Å². The van der Waals surface area contributed by atoms with Gasteiger partial charge in [-0.15, -0.1) is 0 Å². The molecule has 0 amide bonds. The predicted octanol–water partition coefficient (Wildman–Crippen LogP) is -0.721. The van der Waals surface area contributed by atoms with Crippen LogP contribution in [0.1, 0.15) is 12.1 Å². The first-order valence-corrected chi connectivity index (χ1v) is 8.21. The Morgan fingerprint density at radius 1 is 1.30 bits per heavy atom. The fourth-order valence-electron chi connectivity index (χ4n) is 3.55. The fraction of sp³-hybridized carbons (Fsp3) is 0.667. The fourth-order valence-corrected chi connectivity index (χ4v) is 3.55. The first-order valence-electron chi connectivity index (χ1n) is 8.21. The number of fused-ring (bicyclic) bond motifs is 1. The summed E-state index contributed by atoms with van der Waals surface area (Å²) in [7, 11) is 0. The van der Waals surface area contributed by atoms with E-state index in [1.54, 1.807) is 10.8 Å². The third-order valence-electron chi connectivity index (χ3n) is 4.80. The maximum Gasteiger partial charge on any atom is 0.254 e. The van der Waals surface area contributed by atoms with E-state index in [1.165, 1.54) is 0 Å². The average Bonchev–Trinajstić information content (AvgIpc) is 3.16. The highest BCUT2D eigenvalue weighted by atomic mass is 16.3. The minimum Gasteiger partial charge on any atom is -0.387 e. The normalized spacial score (nSPS) is 26.3. The lowest BCUT2D eigenvalue weighted by Gasteiger charge is -2.38. The lowest BCUT2D eigenvalue weighted by Crippen LogP contribution is -2.53. The van der Waals surface area contributed by atoms with Gasteiger partial charge in [0.15, 0.2) is 0 Å². The molecule has 8 heteroatoms. The molecule has 0 saturated carbocycles.